The molecule has 180 valence electrons. The molecule has 0 atom stereocenters. The summed E-state index contributed by atoms with van der Waals surface area (Å²) in [6, 6.07) is 22.2. The summed E-state index contributed by atoms with van der Waals surface area (Å²) in [5, 5.41) is 5.48. The van der Waals surface area contributed by atoms with E-state index in [0.29, 0.717) is 16.3 Å². The number of para-hydroxylation sites is 1. The third kappa shape index (κ3) is 4.83. The Morgan fingerprint density at radius 2 is 1.67 bits per heavy atom. The van der Waals surface area contributed by atoms with Crippen LogP contribution in [0, 0.1) is 0 Å². The van der Waals surface area contributed by atoms with Crippen LogP contribution in [0.2, 0.25) is 5.02 Å². The lowest BCUT2D eigenvalue weighted by Gasteiger charge is -2.08. The van der Waals surface area contributed by atoms with E-state index in [-0.39, 0.29) is 12.5 Å². The molecule has 5 aromatic rings. The van der Waals surface area contributed by atoms with Crippen molar-refractivity contribution in [2.24, 2.45) is 0 Å². The predicted molar refractivity (Wildman–Crippen MR) is 136 cm³/mol. The zero-order valence-corrected chi connectivity index (χ0v) is 19.5. The van der Waals surface area contributed by atoms with E-state index in [4.69, 9.17) is 11.6 Å². The van der Waals surface area contributed by atoms with Crippen LogP contribution in [-0.2, 0) is 17.5 Å². The van der Waals surface area contributed by atoms with Crippen LogP contribution in [0.3, 0.4) is 0 Å². The lowest BCUT2D eigenvalue weighted by atomic mass is 10.1. The summed E-state index contributed by atoms with van der Waals surface area (Å²) in [7, 11) is 0. The second-order valence-corrected chi connectivity index (χ2v) is 8.63. The highest BCUT2D eigenvalue weighted by atomic mass is 35.5. The van der Waals surface area contributed by atoms with E-state index >= 15 is 0 Å². The minimum atomic E-state index is -4.39. The van der Waals surface area contributed by atoms with Crippen LogP contribution < -0.4 is 5.32 Å². The number of carbonyl (C=O) groups is 1. The molecule has 1 amide bonds. The fourth-order valence-electron chi connectivity index (χ4n) is 4.07. The first-order valence-electron chi connectivity index (χ1n) is 11.1. The summed E-state index contributed by atoms with van der Waals surface area (Å²) in [5.74, 6) is -0.375. The van der Waals surface area contributed by atoms with Gasteiger partial charge in [-0.05, 0) is 60.2 Å². The number of aromatic nitrogens is 2. The monoisotopic (exact) mass is 505 g/mol. The van der Waals surface area contributed by atoms with E-state index in [9.17, 15) is 18.0 Å². The molecule has 0 fully saturated rings. The first-order chi connectivity index (χ1) is 17.3. The molecular formula is C28H19ClF3N3O. The third-order valence-electron chi connectivity index (χ3n) is 5.81. The number of rotatable bonds is 5. The Kier molecular flexibility index (Phi) is 6.24. The lowest BCUT2D eigenvalue weighted by molar-refractivity contribution is -0.137. The van der Waals surface area contributed by atoms with Gasteiger partial charge in [0.2, 0.25) is 5.91 Å². The highest BCUT2D eigenvalue weighted by Gasteiger charge is 2.29. The van der Waals surface area contributed by atoms with Gasteiger partial charge in [0, 0.05) is 27.6 Å². The minimum absolute atomic E-state index is 0.201. The van der Waals surface area contributed by atoms with Gasteiger partial charge in [0.15, 0.2) is 0 Å². The molecule has 0 bridgehead atoms. The molecule has 0 aliphatic carbocycles. The quantitative estimate of drug-likeness (QED) is 0.257. The van der Waals surface area contributed by atoms with Gasteiger partial charge in [-0.25, -0.2) is 0 Å². The Bertz CT molecular complexity index is 1590. The predicted octanol–water partition coefficient (Wildman–Crippen LogP) is 7.18. The smallest absolute Gasteiger partial charge is 0.347 e. The molecule has 0 aliphatic heterocycles. The number of pyridine rings is 1. The number of amides is 1. The van der Waals surface area contributed by atoms with Crippen molar-refractivity contribution < 1.29 is 18.0 Å². The minimum Gasteiger partial charge on any atom is -0.347 e. The van der Waals surface area contributed by atoms with Gasteiger partial charge in [0.05, 0.1) is 35.0 Å². The van der Waals surface area contributed by atoms with E-state index in [1.54, 1.807) is 6.20 Å². The number of alkyl halides is 3. The van der Waals surface area contributed by atoms with Crippen molar-refractivity contribution in [1.29, 1.82) is 0 Å². The highest BCUT2D eigenvalue weighted by molar-refractivity contribution is 6.30. The summed E-state index contributed by atoms with van der Waals surface area (Å²) in [6.07, 6.45) is 0.137. The Balaban J connectivity index is 1.35. The van der Waals surface area contributed by atoms with Gasteiger partial charge >= 0.3 is 6.18 Å². The summed E-state index contributed by atoms with van der Waals surface area (Å²) in [4.78, 5) is 16.8. The molecule has 0 unspecified atom stereocenters. The average molecular weight is 506 g/mol. The van der Waals surface area contributed by atoms with Crippen molar-refractivity contribution in [3.05, 3.63) is 113 Å². The van der Waals surface area contributed by atoms with Crippen molar-refractivity contribution in [3.63, 3.8) is 0 Å². The Morgan fingerprint density at radius 1 is 0.944 bits per heavy atom. The van der Waals surface area contributed by atoms with E-state index in [2.05, 4.69) is 14.9 Å². The van der Waals surface area contributed by atoms with Crippen molar-refractivity contribution in [2.45, 2.75) is 12.7 Å². The van der Waals surface area contributed by atoms with E-state index < -0.39 is 11.7 Å². The van der Waals surface area contributed by atoms with E-state index in [0.717, 1.165) is 39.6 Å². The molecule has 0 spiro atoms. The van der Waals surface area contributed by atoms with Gasteiger partial charge < -0.3 is 9.88 Å². The van der Waals surface area contributed by atoms with Gasteiger partial charge in [0.25, 0.3) is 0 Å². The van der Waals surface area contributed by atoms with Crippen molar-refractivity contribution in [1.82, 2.24) is 14.9 Å². The SMILES string of the molecule is O=C(/C=C/c1ccc(C(F)(F)F)cc1)NCc1cc2c3ccccc3n(-c3ccc(Cl)cc3)c2cn1. The number of benzene rings is 3. The number of nitrogens with one attached hydrogen (secondary N) is 1. The summed E-state index contributed by atoms with van der Waals surface area (Å²) in [5.41, 5.74) is 3.35. The normalized spacial score (nSPS) is 12.0. The van der Waals surface area contributed by atoms with Gasteiger partial charge in [-0.1, -0.05) is 41.9 Å². The standard InChI is InChI=1S/C28H19ClF3N3O/c29-20-10-12-22(13-11-20)35-25-4-2-1-3-23(25)24-15-21(33-17-26(24)35)16-34-27(36)14-7-18-5-8-19(9-6-18)28(30,31)32/h1-15,17H,16H2,(H,34,36)/b14-7+. The number of hydrogen-bond donors (Lipinski definition) is 1. The first kappa shape index (κ1) is 23.6. The maximum atomic E-state index is 12.7. The van der Waals surface area contributed by atoms with Crippen molar-refractivity contribution in [3.8, 4) is 5.69 Å². The van der Waals surface area contributed by atoms with Crippen molar-refractivity contribution >= 4 is 45.4 Å². The molecule has 1 N–H and O–H groups in total. The number of hydrogen-bond acceptors (Lipinski definition) is 2. The van der Waals surface area contributed by atoms with Crippen LogP contribution >= 0.6 is 11.6 Å². The molecule has 3 aromatic carbocycles. The molecule has 2 heterocycles. The maximum absolute atomic E-state index is 12.7. The van der Waals surface area contributed by atoms with E-state index in [1.165, 1.54) is 24.3 Å². The number of fused-ring (bicyclic) bond motifs is 3. The molecule has 5 rings (SSSR count). The average Bonchev–Trinajstić information content (AvgIpc) is 3.20. The molecule has 0 saturated carbocycles. The molecule has 0 radical (unpaired) electrons. The van der Waals surface area contributed by atoms with Crippen LogP contribution in [0.1, 0.15) is 16.8 Å². The molecular weight excluding hydrogens is 487 g/mol. The summed E-state index contributed by atoms with van der Waals surface area (Å²) < 4.78 is 40.2. The zero-order chi connectivity index (χ0) is 25.3. The highest BCUT2D eigenvalue weighted by Crippen LogP contribution is 2.32. The van der Waals surface area contributed by atoms with E-state index in [1.807, 2.05) is 54.6 Å². The molecule has 0 aliphatic rings. The first-order valence-corrected chi connectivity index (χ1v) is 11.4. The van der Waals surface area contributed by atoms with Gasteiger partial charge in [-0.15, -0.1) is 0 Å². The lowest BCUT2D eigenvalue weighted by Crippen LogP contribution is -2.20. The van der Waals surface area contributed by atoms with Crippen LogP contribution in [0.4, 0.5) is 13.2 Å². The maximum Gasteiger partial charge on any atom is 0.416 e. The van der Waals surface area contributed by atoms with Gasteiger partial charge in [0.1, 0.15) is 0 Å². The largest absolute Gasteiger partial charge is 0.416 e. The molecule has 0 saturated heterocycles. The number of carbonyl (C=O) groups excluding carboxylic acids is 1. The van der Waals surface area contributed by atoms with Gasteiger partial charge in [-0.3, -0.25) is 9.78 Å². The fraction of sp³-hybridized carbons (Fsp3) is 0.0714. The topological polar surface area (TPSA) is 46.9 Å². The second-order valence-electron chi connectivity index (χ2n) is 8.19. The van der Waals surface area contributed by atoms with Crippen molar-refractivity contribution in [2.75, 3.05) is 0 Å². The molecule has 4 nitrogen and oxygen atoms in total. The molecule has 8 heteroatoms. The number of halogens is 4. The Labute approximate surface area is 209 Å². The van der Waals surface area contributed by atoms with Gasteiger partial charge in [-0.2, -0.15) is 13.2 Å². The summed E-state index contributed by atoms with van der Waals surface area (Å²) in [6.45, 7) is 0.201. The fourth-order valence-corrected chi connectivity index (χ4v) is 4.19. The van der Waals surface area contributed by atoms with Crippen LogP contribution in [-0.4, -0.2) is 15.5 Å². The number of nitrogens with zero attached hydrogens (tertiary/aromatic N) is 2. The van der Waals surface area contributed by atoms with Crippen LogP contribution in [0.25, 0.3) is 33.6 Å². The third-order valence-corrected chi connectivity index (χ3v) is 6.06. The van der Waals surface area contributed by atoms with Crippen LogP contribution in [0.5, 0.6) is 0 Å². The zero-order valence-electron chi connectivity index (χ0n) is 18.8. The van der Waals surface area contributed by atoms with Crippen LogP contribution in [0.15, 0.2) is 91.1 Å². The molecule has 2 aromatic heterocycles. The molecule has 36 heavy (non-hydrogen) atoms. The summed E-state index contributed by atoms with van der Waals surface area (Å²) >= 11 is 6.07. The Morgan fingerprint density at radius 3 is 2.39 bits per heavy atom. The second kappa shape index (κ2) is 9.51. The Hall–Kier alpha value is -4.10.